The molecule has 0 radical (unpaired) electrons. The number of nitrogens with one attached hydrogen (secondary N) is 2. The number of amides is 1. The minimum absolute atomic E-state index is 0.103. The van der Waals surface area contributed by atoms with Crippen LogP contribution < -0.4 is 10.9 Å². The molecule has 0 aliphatic carbocycles. The van der Waals surface area contributed by atoms with Crippen LogP contribution >= 0.6 is 11.3 Å². The standard InChI is InChI=1S/C17H18N4O2S/c1-10-12(17(23)20-11(2)19-10)7-8-15(22)18-9-16-21-13-5-3-4-6-14(13)24-16/h3-6H,7-9H2,1-2H3,(H,18,22)(H,19,20,23). The lowest BCUT2D eigenvalue weighted by molar-refractivity contribution is -0.121. The Morgan fingerprint density at radius 1 is 1.25 bits per heavy atom. The molecular weight excluding hydrogens is 324 g/mol. The fourth-order valence-corrected chi connectivity index (χ4v) is 3.45. The minimum Gasteiger partial charge on any atom is -0.350 e. The van der Waals surface area contributed by atoms with Crippen LogP contribution in [0.3, 0.4) is 0 Å². The van der Waals surface area contributed by atoms with Crippen molar-refractivity contribution in [1.29, 1.82) is 0 Å². The fraction of sp³-hybridized carbons (Fsp3) is 0.294. The van der Waals surface area contributed by atoms with Crippen molar-refractivity contribution in [3.63, 3.8) is 0 Å². The van der Waals surface area contributed by atoms with Crippen molar-refractivity contribution in [1.82, 2.24) is 20.3 Å². The van der Waals surface area contributed by atoms with E-state index in [-0.39, 0.29) is 17.9 Å². The first-order valence-corrected chi connectivity index (χ1v) is 8.52. The normalized spacial score (nSPS) is 10.9. The van der Waals surface area contributed by atoms with E-state index in [1.807, 2.05) is 24.3 Å². The van der Waals surface area contributed by atoms with E-state index in [9.17, 15) is 9.59 Å². The molecule has 1 aromatic carbocycles. The molecular formula is C17H18N4O2S. The Kier molecular flexibility index (Phi) is 4.71. The number of hydrogen-bond donors (Lipinski definition) is 2. The molecule has 3 aromatic rings. The molecule has 0 unspecified atom stereocenters. The molecule has 0 aliphatic rings. The summed E-state index contributed by atoms with van der Waals surface area (Å²) in [6, 6.07) is 7.88. The second-order valence-electron chi connectivity index (χ2n) is 5.57. The van der Waals surface area contributed by atoms with Gasteiger partial charge in [0.05, 0.1) is 16.8 Å². The van der Waals surface area contributed by atoms with Crippen molar-refractivity contribution in [2.45, 2.75) is 33.2 Å². The van der Waals surface area contributed by atoms with Gasteiger partial charge in [-0.1, -0.05) is 12.1 Å². The summed E-state index contributed by atoms with van der Waals surface area (Å²) < 4.78 is 1.11. The molecule has 0 aliphatic heterocycles. The number of rotatable bonds is 5. The SMILES string of the molecule is Cc1nc(C)c(CCC(=O)NCc2nc3ccccc3s2)c(=O)[nH]1. The second kappa shape index (κ2) is 6.92. The van der Waals surface area contributed by atoms with Crippen LogP contribution in [0.2, 0.25) is 0 Å². The Hall–Kier alpha value is -2.54. The van der Waals surface area contributed by atoms with E-state index in [0.29, 0.717) is 30.0 Å². The van der Waals surface area contributed by atoms with E-state index in [2.05, 4.69) is 20.3 Å². The van der Waals surface area contributed by atoms with Crippen LogP contribution in [0.4, 0.5) is 0 Å². The first-order valence-electron chi connectivity index (χ1n) is 7.70. The highest BCUT2D eigenvalue weighted by atomic mass is 32.1. The molecule has 7 heteroatoms. The van der Waals surface area contributed by atoms with Crippen molar-refractivity contribution in [2.24, 2.45) is 0 Å². The van der Waals surface area contributed by atoms with Gasteiger partial charge in [-0.3, -0.25) is 9.59 Å². The predicted octanol–water partition coefficient (Wildman–Crippen LogP) is 2.25. The molecule has 3 rings (SSSR count). The van der Waals surface area contributed by atoms with E-state index >= 15 is 0 Å². The first-order chi connectivity index (χ1) is 11.5. The molecule has 2 N–H and O–H groups in total. The second-order valence-corrected chi connectivity index (χ2v) is 6.68. The lowest BCUT2D eigenvalue weighted by Gasteiger charge is -2.06. The number of para-hydroxylation sites is 1. The monoisotopic (exact) mass is 342 g/mol. The third-order valence-corrected chi connectivity index (χ3v) is 4.75. The number of aryl methyl sites for hydroxylation is 2. The number of aromatic nitrogens is 3. The molecule has 0 atom stereocenters. The average Bonchev–Trinajstić information content (AvgIpc) is 2.94. The quantitative estimate of drug-likeness (QED) is 0.744. The van der Waals surface area contributed by atoms with E-state index < -0.39 is 0 Å². The first kappa shape index (κ1) is 16.3. The van der Waals surface area contributed by atoms with Crippen LogP contribution in [-0.2, 0) is 17.8 Å². The zero-order chi connectivity index (χ0) is 17.1. The van der Waals surface area contributed by atoms with E-state index in [1.165, 1.54) is 0 Å². The molecule has 6 nitrogen and oxygen atoms in total. The lowest BCUT2D eigenvalue weighted by atomic mass is 10.1. The number of thiazole rings is 1. The Morgan fingerprint density at radius 3 is 2.79 bits per heavy atom. The van der Waals surface area contributed by atoms with E-state index in [4.69, 9.17) is 0 Å². The molecule has 0 saturated carbocycles. The van der Waals surface area contributed by atoms with Crippen LogP contribution in [0.1, 0.15) is 28.5 Å². The van der Waals surface area contributed by atoms with E-state index in [0.717, 1.165) is 15.2 Å². The van der Waals surface area contributed by atoms with Gasteiger partial charge in [0.2, 0.25) is 5.91 Å². The summed E-state index contributed by atoms with van der Waals surface area (Å²) in [4.78, 5) is 35.3. The van der Waals surface area contributed by atoms with Gasteiger partial charge in [-0.05, 0) is 32.4 Å². The summed E-state index contributed by atoms with van der Waals surface area (Å²) in [6.07, 6.45) is 0.625. The maximum atomic E-state index is 12.0. The Bertz CT molecular complexity index is 912. The zero-order valence-electron chi connectivity index (χ0n) is 13.5. The fourth-order valence-electron chi connectivity index (χ4n) is 2.54. The molecule has 24 heavy (non-hydrogen) atoms. The summed E-state index contributed by atoms with van der Waals surface area (Å²) in [6.45, 7) is 3.93. The maximum absolute atomic E-state index is 12.0. The van der Waals surface area contributed by atoms with Gasteiger partial charge in [0, 0.05) is 17.7 Å². The number of aromatic amines is 1. The van der Waals surface area contributed by atoms with Gasteiger partial charge < -0.3 is 10.3 Å². The highest BCUT2D eigenvalue weighted by Gasteiger charge is 2.10. The van der Waals surface area contributed by atoms with Gasteiger partial charge in [0.1, 0.15) is 10.8 Å². The summed E-state index contributed by atoms with van der Waals surface area (Å²) in [5.74, 6) is 0.482. The lowest BCUT2D eigenvalue weighted by Crippen LogP contribution is -2.25. The third-order valence-electron chi connectivity index (χ3n) is 3.72. The molecule has 1 amide bonds. The van der Waals surface area contributed by atoms with Crippen LogP contribution in [-0.4, -0.2) is 20.9 Å². The molecule has 2 aromatic heterocycles. The molecule has 0 spiro atoms. The van der Waals surface area contributed by atoms with Gasteiger partial charge in [-0.25, -0.2) is 9.97 Å². The third kappa shape index (κ3) is 3.68. The average molecular weight is 342 g/mol. The number of hydrogen-bond acceptors (Lipinski definition) is 5. The van der Waals surface area contributed by atoms with Gasteiger partial charge in [-0.2, -0.15) is 0 Å². The van der Waals surface area contributed by atoms with Crippen LogP contribution in [0.25, 0.3) is 10.2 Å². The molecule has 0 saturated heterocycles. The topological polar surface area (TPSA) is 87.7 Å². The molecule has 0 bridgehead atoms. The Labute approximate surface area is 143 Å². The van der Waals surface area contributed by atoms with Gasteiger partial charge >= 0.3 is 0 Å². The summed E-state index contributed by atoms with van der Waals surface area (Å²) in [5, 5.41) is 3.73. The number of fused-ring (bicyclic) bond motifs is 1. The van der Waals surface area contributed by atoms with Crippen molar-refractivity contribution in [2.75, 3.05) is 0 Å². The molecule has 0 fully saturated rings. The van der Waals surface area contributed by atoms with Gasteiger partial charge in [0.25, 0.3) is 5.56 Å². The Morgan fingerprint density at radius 2 is 2.04 bits per heavy atom. The van der Waals surface area contributed by atoms with Crippen LogP contribution in [0.5, 0.6) is 0 Å². The largest absolute Gasteiger partial charge is 0.350 e. The molecule has 124 valence electrons. The van der Waals surface area contributed by atoms with Crippen molar-refractivity contribution < 1.29 is 4.79 Å². The number of carbonyl (C=O) groups is 1. The van der Waals surface area contributed by atoms with Crippen molar-refractivity contribution in [3.8, 4) is 0 Å². The molecule has 2 heterocycles. The van der Waals surface area contributed by atoms with Crippen LogP contribution in [0, 0.1) is 13.8 Å². The smallest absolute Gasteiger partial charge is 0.254 e. The van der Waals surface area contributed by atoms with Crippen LogP contribution in [0.15, 0.2) is 29.1 Å². The summed E-state index contributed by atoms with van der Waals surface area (Å²) in [7, 11) is 0. The van der Waals surface area contributed by atoms with Crippen molar-refractivity contribution in [3.05, 3.63) is 56.7 Å². The highest BCUT2D eigenvalue weighted by molar-refractivity contribution is 7.18. The zero-order valence-corrected chi connectivity index (χ0v) is 14.4. The minimum atomic E-state index is -0.168. The maximum Gasteiger partial charge on any atom is 0.254 e. The number of nitrogens with zero attached hydrogens (tertiary/aromatic N) is 2. The van der Waals surface area contributed by atoms with E-state index in [1.54, 1.807) is 25.2 Å². The Balaban J connectivity index is 1.57. The van der Waals surface area contributed by atoms with Crippen molar-refractivity contribution >= 4 is 27.5 Å². The number of benzene rings is 1. The number of H-pyrrole nitrogens is 1. The summed E-state index contributed by atoms with van der Waals surface area (Å²) >= 11 is 1.57. The summed E-state index contributed by atoms with van der Waals surface area (Å²) in [5.41, 5.74) is 2.02. The number of carbonyl (C=O) groups excluding carboxylic acids is 1. The van der Waals surface area contributed by atoms with Gasteiger partial charge in [-0.15, -0.1) is 11.3 Å². The highest BCUT2D eigenvalue weighted by Crippen LogP contribution is 2.21. The predicted molar refractivity (Wildman–Crippen MR) is 94.1 cm³/mol. The van der Waals surface area contributed by atoms with Gasteiger partial charge in [0.15, 0.2) is 0 Å².